The molecule has 1 saturated heterocycles. The highest BCUT2D eigenvalue weighted by molar-refractivity contribution is 7.13. The molecule has 28 heavy (non-hydrogen) atoms. The zero-order valence-electron chi connectivity index (χ0n) is 15.8. The normalized spacial score (nSPS) is 16.2. The average Bonchev–Trinajstić information content (AvgIpc) is 3.38. The molecule has 0 radical (unpaired) electrons. The molecule has 1 amide bonds. The molecule has 1 aromatic carbocycles. The molecule has 1 atom stereocenters. The molecule has 2 aromatic heterocycles. The van der Waals surface area contributed by atoms with E-state index < -0.39 is 0 Å². The van der Waals surface area contributed by atoms with Crippen LogP contribution in [0.1, 0.15) is 16.9 Å². The molecule has 0 spiro atoms. The van der Waals surface area contributed by atoms with Crippen molar-refractivity contribution in [1.29, 1.82) is 0 Å². The van der Waals surface area contributed by atoms with Crippen LogP contribution < -0.4 is 9.64 Å². The number of likely N-dealkylation sites (tertiary alicyclic amines) is 1. The van der Waals surface area contributed by atoms with Crippen LogP contribution in [0.25, 0.3) is 10.6 Å². The van der Waals surface area contributed by atoms with Crippen molar-refractivity contribution in [2.45, 2.75) is 12.5 Å². The Bertz CT molecular complexity index is 943. The van der Waals surface area contributed by atoms with Gasteiger partial charge in [-0.2, -0.15) is 0 Å². The summed E-state index contributed by atoms with van der Waals surface area (Å²) in [4.78, 5) is 21.0. The van der Waals surface area contributed by atoms with Crippen molar-refractivity contribution in [1.82, 2.24) is 20.1 Å². The van der Waals surface area contributed by atoms with Gasteiger partial charge in [-0.15, -0.1) is 21.5 Å². The number of amides is 1. The summed E-state index contributed by atoms with van der Waals surface area (Å²) >= 11 is 1.48. The molecule has 7 nitrogen and oxygen atoms in total. The first-order chi connectivity index (χ1) is 13.6. The Labute approximate surface area is 167 Å². The van der Waals surface area contributed by atoms with Crippen LogP contribution in [0.3, 0.4) is 0 Å². The zero-order valence-corrected chi connectivity index (χ0v) is 16.6. The number of nitrogens with zero attached hydrogens (tertiary/aromatic N) is 5. The fourth-order valence-electron chi connectivity index (χ4n) is 3.04. The van der Waals surface area contributed by atoms with E-state index in [0.717, 1.165) is 22.8 Å². The largest absolute Gasteiger partial charge is 0.471 e. The lowest BCUT2D eigenvalue weighted by atomic mass is 10.2. The lowest BCUT2D eigenvalue weighted by molar-refractivity contribution is 0.0766. The summed E-state index contributed by atoms with van der Waals surface area (Å²) in [6, 6.07) is 13.6. The minimum atomic E-state index is -0.0873. The zero-order chi connectivity index (χ0) is 19.5. The first kappa shape index (κ1) is 18.4. The molecule has 0 saturated carbocycles. The summed E-state index contributed by atoms with van der Waals surface area (Å²) in [6.07, 6.45) is 0.675. The maximum absolute atomic E-state index is 12.8. The predicted molar refractivity (Wildman–Crippen MR) is 109 cm³/mol. The molecule has 0 N–H and O–H groups in total. The van der Waals surface area contributed by atoms with Gasteiger partial charge in [0.25, 0.3) is 5.91 Å². The first-order valence-electron chi connectivity index (χ1n) is 9.08. The van der Waals surface area contributed by atoms with Crippen LogP contribution in [0.2, 0.25) is 0 Å². The Morgan fingerprint density at radius 2 is 2.00 bits per heavy atom. The molecule has 4 rings (SSSR count). The molecule has 0 aliphatic carbocycles. The lowest BCUT2D eigenvalue weighted by Crippen LogP contribution is -2.31. The molecule has 0 bridgehead atoms. The van der Waals surface area contributed by atoms with Crippen molar-refractivity contribution in [3.05, 3.63) is 53.5 Å². The van der Waals surface area contributed by atoms with Gasteiger partial charge < -0.3 is 14.5 Å². The van der Waals surface area contributed by atoms with Crippen LogP contribution in [0.15, 0.2) is 47.8 Å². The standard InChI is InChI=1S/C20H21N5O2S/c1-24(2)17-8-9-18(23-22-17)27-15-10-11-25(12-15)20(26)16-13-28-19(21-16)14-6-4-3-5-7-14/h3-9,13,15H,10-12H2,1-2H3. The highest BCUT2D eigenvalue weighted by Gasteiger charge is 2.30. The summed E-state index contributed by atoms with van der Waals surface area (Å²) in [5.41, 5.74) is 1.51. The van der Waals surface area contributed by atoms with Crippen LogP contribution in [0.5, 0.6) is 5.88 Å². The monoisotopic (exact) mass is 395 g/mol. The number of ether oxygens (including phenoxy) is 1. The van der Waals surface area contributed by atoms with E-state index >= 15 is 0 Å². The van der Waals surface area contributed by atoms with E-state index in [-0.39, 0.29) is 12.0 Å². The molecule has 1 fully saturated rings. The van der Waals surface area contributed by atoms with Gasteiger partial charge in [-0.05, 0) is 6.07 Å². The Hall–Kier alpha value is -3.00. The van der Waals surface area contributed by atoms with Gasteiger partial charge in [-0.3, -0.25) is 4.79 Å². The van der Waals surface area contributed by atoms with Gasteiger partial charge in [0.2, 0.25) is 5.88 Å². The Balaban J connectivity index is 1.37. The van der Waals surface area contributed by atoms with Crippen molar-refractivity contribution in [2.24, 2.45) is 0 Å². The summed E-state index contributed by atoms with van der Waals surface area (Å²) in [5, 5.41) is 10.9. The SMILES string of the molecule is CN(C)c1ccc(OC2CCN(C(=O)c3csc(-c4ccccc4)n3)C2)nn1. The third-order valence-electron chi connectivity index (χ3n) is 4.55. The second-order valence-electron chi connectivity index (χ2n) is 6.81. The Morgan fingerprint density at radius 1 is 1.18 bits per heavy atom. The first-order valence-corrected chi connectivity index (χ1v) is 9.96. The quantitative estimate of drug-likeness (QED) is 0.661. The fourth-order valence-corrected chi connectivity index (χ4v) is 3.84. The number of carbonyl (C=O) groups is 1. The lowest BCUT2D eigenvalue weighted by Gasteiger charge is -2.16. The van der Waals surface area contributed by atoms with Crippen LogP contribution >= 0.6 is 11.3 Å². The summed E-state index contributed by atoms with van der Waals surface area (Å²) in [5.74, 6) is 1.19. The summed E-state index contributed by atoms with van der Waals surface area (Å²) in [7, 11) is 3.82. The van der Waals surface area contributed by atoms with Gasteiger partial charge in [0, 0.05) is 44.1 Å². The summed E-state index contributed by atoms with van der Waals surface area (Å²) in [6.45, 7) is 1.17. The number of benzene rings is 1. The van der Waals surface area contributed by atoms with Crippen LogP contribution in [0, 0.1) is 0 Å². The van der Waals surface area contributed by atoms with Crippen molar-refractivity contribution < 1.29 is 9.53 Å². The van der Waals surface area contributed by atoms with Crippen LogP contribution in [0.4, 0.5) is 5.82 Å². The van der Waals surface area contributed by atoms with Gasteiger partial charge in [0.05, 0.1) is 6.54 Å². The van der Waals surface area contributed by atoms with Gasteiger partial charge in [-0.25, -0.2) is 4.98 Å². The highest BCUT2D eigenvalue weighted by atomic mass is 32.1. The number of rotatable bonds is 5. The maximum Gasteiger partial charge on any atom is 0.273 e. The number of carbonyl (C=O) groups excluding carboxylic acids is 1. The van der Waals surface area contributed by atoms with E-state index in [4.69, 9.17) is 4.74 Å². The number of thiazole rings is 1. The highest BCUT2D eigenvalue weighted by Crippen LogP contribution is 2.25. The third kappa shape index (κ3) is 3.96. The van der Waals surface area contributed by atoms with Gasteiger partial charge in [0.1, 0.15) is 16.8 Å². The summed E-state index contributed by atoms with van der Waals surface area (Å²) < 4.78 is 5.90. The second-order valence-corrected chi connectivity index (χ2v) is 7.67. The molecule has 144 valence electrons. The number of aromatic nitrogens is 3. The molecular weight excluding hydrogens is 374 g/mol. The van der Waals surface area contributed by atoms with Crippen molar-refractivity contribution in [3.8, 4) is 16.5 Å². The van der Waals surface area contributed by atoms with Crippen molar-refractivity contribution in [2.75, 3.05) is 32.1 Å². The van der Waals surface area contributed by atoms with E-state index in [1.54, 1.807) is 11.0 Å². The molecular formula is C20H21N5O2S. The van der Waals surface area contributed by atoms with E-state index in [2.05, 4.69) is 15.2 Å². The average molecular weight is 395 g/mol. The molecule has 1 aliphatic rings. The minimum Gasteiger partial charge on any atom is -0.471 e. The minimum absolute atomic E-state index is 0.0569. The molecule has 3 heterocycles. The van der Waals surface area contributed by atoms with E-state index in [9.17, 15) is 4.79 Å². The molecule has 8 heteroatoms. The van der Waals surface area contributed by atoms with Crippen LogP contribution in [-0.2, 0) is 0 Å². The topological polar surface area (TPSA) is 71.5 Å². The number of anilines is 1. The smallest absolute Gasteiger partial charge is 0.273 e. The number of hydrogen-bond donors (Lipinski definition) is 0. The second kappa shape index (κ2) is 7.93. The van der Waals surface area contributed by atoms with Gasteiger partial charge in [-0.1, -0.05) is 30.3 Å². The molecule has 1 aliphatic heterocycles. The molecule has 3 aromatic rings. The Morgan fingerprint density at radius 3 is 2.71 bits per heavy atom. The third-order valence-corrected chi connectivity index (χ3v) is 5.44. The maximum atomic E-state index is 12.8. The van der Waals surface area contributed by atoms with Crippen molar-refractivity contribution in [3.63, 3.8) is 0 Å². The van der Waals surface area contributed by atoms with E-state index in [1.807, 2.05) is 60.8 Å². The fraction of sp³-hybridized carbons (Fsp3) is 0.300. The van der Waals surface area contributed by atoms with Gasteiger partial charge >= 0.3 is 0 Å². The van der Waals surface area contributed by atoms with Gasteiger partial charge in [0.15, 0.2) is 5.82 Å². The van der Waals surface area contributed by atoms with Crippen molar-refractivity contribution >= 4 is 23.1 Å². The predicted octanol–water partition coefficient (Wildman–Crippen LogP) is 2.96. The molecule has 1 unspecified atom stereocenters. The van der Waals surface area contributed by atoms with E-state index in [0.29, 0.717) is 24.7 Å². The van der Waals surface area contributed by atoms with Crippen LogP contribution in [-0.4, -0.2) is 59.3 Å². The van der Waals surface area contributed by atoms with E-state index in [1.165, 1.54) is 11.3 Å². The Kier molecular flexibility index (Phi) is 5.21. The number of hydrogen-bond acceptors (Lipinski definition) is 7.